The lowest BCUT2D eigenvalue weighted by Crippen LogP contribution is -2.31. The molecule has 1 aromatic carbocycles. The van der Waals surface area contributed by atoms with Gasteiger partial charge in [-0.1, -0.05) is 15.9 Å². The summed E-state index contributed by atoms with van der Waals surface area (Å²) in [5, 5.41) is 4.12. The van der Waals surface area contributed by atoms with Gasteiger partial charge in [0.1, 0.15) is 11.5 Å². The van der Waals surface area contributed by atoms with Gasteiger partial charge >= 0.3 is 0 Å². The van der Waals surface area contributed by atoms with Crippen LogP contribution in [0.3, 0.4) is 0 Å². The molecule has 2 rings (SSSR count). The van der Waals surface area contributed by atoms with E-state index >= 15 is 0 Å². The summed E-state index contributed by atoms with van der Waals surface area (Å²) in [5.74, 6) is 5.87. The van der Waals surface area contributed by atoms with Gasteiger partial charge in [-0.2, -0.15) is 5.10 Å². The lowest BCUT2D eigenvalue weighted by atomic mass is 10.0. The Hall–Kier alpha value is -1.44. The maximum Gasteiger partial charge on any atom is 0.161 e. The molecule has 5 nitrogen and oxygen atoms in total. The highest BCUT2D eigenvalue weighted by atomic mass is 79.9. The van der Waals surface area contributed by atoms with Crippen LogP contribution in [0.1, 0.15) is 17.3 Å². The topological polar surface area (TPSA) is 65.1 Å². The molecule has 0 saturated heterocycles. The third-order valence-corrected chi connectivity index (χ3v) is 3.60. The van der Waals surface area contributed by atoms with Crippen LogP contribution in [0.2, 0.25) is 0 Å². The normalized spacial score (nSPS) is 12.5. The minimum atomic E-state index is -0.437. The van der Waals surface area contributed by atoms with Crippen molar-refractivity contribution in [3.05, 3.63) is 45.9 Å². The zero-order valence-corrected chi connectivity index (χ0v) is 12.1. The second kappa shape index (κ2) is 5.68. The van der Waals surface area contributed by atoms with Crippen molar-refractivity contribution in [1.29, 1.82) is 0 Å². The van der Waals surface area contributed by atoms with E-state index in [1.807, 2.05) is 0 Å². The quantitative estimate of drug-likeness (QED) is 0.664. The number of ether oxygens (including phenoxy) is 1. The van der Waals surface area contributed by atoms with Gasteiger partial charge in [0, 0.05) is 11.5 Å². The number of hydrogen-bond donors (Lipinski definition) is 2. The summed E-state index contributed by atoms with van der Waals surface area (Å²) in [7, 11) is 3.32. The van der Waals surface area contributed by atoms with E-state index in [-0.39, 0.29) is 5.82 Å². The van der Waals surface area contributed by atoms with Crippen LogP contribution in [0, 0.1) is 5.82 Å². The summed E-state index contributed by atoms with van der Waals surface area (Å²) in [6.45, 7) is 0. The van der Waals surface area contributed by atoms with Crippen molar-refractivity contribution in [3.8, 4) is 5.75 Å². The molecule has 2 aromatic rings. The van der Waals surface area contributed by atoms with Crippen LogP contribution >= 0.6 is 15.9 Å². The Balaban J connectivity index is 2.56. The summed E-state index contributed by atoms with van der Waals surface area (Å²) in [6, 6.07) is 3.99. The second-order valence-corrected chi connectivity index (χ2v) is 4.84. The summed E-state index contributed by atoms with van der Waals surface area (Å²) in [5.41, 5.74) is 4.06. The highest BCUT2D eigenvalue weighted by molar-refractivity contribution is 9.10. The van der Waals surface area contributed by atoms with Gasteiger partial charge in [0.15, 0.2) is 5.75 Å². The monoisotopic (exact) mass is 328 g/mol. The zero-order chi connectivity index (χ0) is 14.0. The first-order chi connectivity index (χ1) is 9.08. The van der Waals surface area contributed by atoms with Crippen LogP contribution in [0.5, 0.6) is 5.75 Å². The number of benzene rings is 1. The first-order valence-corrected chi connectivity index (χ1v) is 6.34. The van der Waals surface area contributed by atoms with Crippen molar-refractivity contribution >= 4 is 15.9 Å². The predicted molar refractivity (Wildman–Crippen MR) is 73.0 cm³/mol. The number of nitrogens with one attached hydrogen (secondary N) is 1. The van der Waals surface area contributed by atoms with Crippen molar-refractivity contribution < 1.29 is 9.13 Å². The summed E-state index contributed by atoms with van der Waals surface area (Å²) >= 11 is 3.40. The minimum absolute atomic E-state index is 0.334. The maximum absolute atomic E-state index is 13.4. The molecule has 1 heterocycles. The number of methoxy groups -OCH3 is 1. The van der Waals surface area contributed by atoms with E-state index in [2.05, 4.69) is 26.5 Å². The predicted octanol–water partition coefficient (Wildman–Crippen LogP) is 1.88. The molecular weight excluding hydrogens is 315 g/mol. The van der Waals surface area contributed by atoms with Crippen LogP contribution in [-0.2, 0) is 7.05 Å². The molecule has 1 aromatic heterocycles. The summed E-state index contributed by atoms with van der Waals surface area (Å²) in [6.07, 6.45) is 1.59. The van der Waals surface area contributed by atoms with Gasteiger partial charge in [-0.05, 0) is 23.8 Å². The van der Waals surface area contributed by atoms with Gasteiger partial charge in [0.25, 0.3) is 0 Å². The van der Waals surface area contributed by atoms with E-state index in [1.165, 1.54) is 12.1 Å². The van der Waals surface area contributed by atoms with Crippen LogP contribution in [-0.4, -0.2) is 16.9 Å². The lowest BCUT2D eigenvalue weighted by molar-refractivity contribution is 0.401. The van der Waals surface area contributed by atoms with Crippen molar-refractivity contribution in [3.63, 3.8) is 0 Å². The Bertz CT molecular complexity index is 587. The van der Waals surface area contributed by atoms with Crippen molar-refractivity contribution in [2.45, 2.75) is 6.04 Å². The Labute approximate surface area is 118 Å². The van der Waals surface area contributed by atoms with Crippen LogP contribution in [0.4, 0.5) is 4.39 Å². The molecule has 0 saturated carbocycles. The minimum Gasteiger partial charge on any atom is -0.493 e. The van der Waals surface area contributed by atoms with Gasteiger partial charge in [0.05, 0.1) is 19.3 Å². The van der Waals surface area contributed by atoms with Crippen molar-refractivity contribution in [1.82, 2.24) is 15.2 Å². The smallest absolute Gasteiger partial charge is 0.161 e. The van der Waals surface area contributed by atoms with Crippen LogP contribution in [0.25, 0.3) is 0 Å². The second-order valence-electron chi connectivity index (χ2n) is 3.99. The Morgan fingerprint density at radius 1 is 1.53 bits per heavy atom. The number of rotatable bonds is 4. The van der Waals surface area contributed by atoms with E-state index in [0.29, 0.717) is 11.3 Å². The molecule has 0 aliphatic rings. The van der Waals surface area contributed by atoms with E-state index < -0.39 is 6.04 Å². The Morgan fingerprint density at radius 3 is 2.89 bits per heavy atom. The molecule has 19 heavy (non-hydrogen) atoms. The number of nitrogens with two attached hydrogens (primary N) is 1. The number of aryl methyl sites for hydroxylation is 1. The molecular formula is C12H14BrFN4O. The fourth-order valence-corrected chi connectivity index (χ4v) is 2.44. The van der Waals surface area contributed by atoms with Gasteiger partial charge in [-0.25, -0.2) is 9.82 Å². The number of halogens is 2. The first kappa shape index (κ1) is 14.0. The third-order valence-electron chi connectivity index (χ3n) is 2.88. The fourth-order valence-electron chi connectivity index (χ4n) is 1.97. The van der Waals surface area contributed by atoms with Crippen LogP contribution < -0.4 is 16.0 Å². The van der Waals surface area contributed by atoms with E-state index in [1.54, 1.807) is 31.1 Å². The van der Waals surface area contributed by atoms with Gasteiger partial charge < -0.3 is 4.74 Å². The SMILES string of the molecule is COc1cnn(C)c1C(NN)c1cc(F)ccc1Br. The van der Waals surface area contributed by atoms with E-state index in [9.17, 15) is 4.39 Å². The van der Waals surface area contributed by atoms with Gasteiger partial charge in [-0.3, -0.25) is 10.5 Å². The average Bonchev–Trinajstić information content (AvgIpc) is 2.76. The molecule has 1 atom stereocenters. The van der Waals surface area contributed by atoms with Gasteiger partial charge in [-0.15, -0.1) is 0 Å². The molecule has 0 aliphatic heterocycles. The third kappa shape index (κ3) is 2.63. The van der Waals surface area contributed by atoms with Crippen LogP contribution in [0.15, 0.2) is 28.9 Å². The van der Waals surface area contributed by atoms with Crippen molar-refractivity contribution in [2.24, 2.45) is 12.9 Å². The maximum atomic E-state index is 13.4. The summed E-state index contributed by atoms with van der Waals surface area (Å²) < 4.78 is 21.1. The molecule has 1 unspecified atom stereocenters. The van der Waals surface area contributed by atoms with Gasteiger partial charge in [0.2, 0.25) is 0 Å². The highest BCUT2D eigenvalue weighted by Gasteiger charge is 2.23. The van der Waals surface area contributed by atoms with E-state index in [0.717, 1.165) is 10.2 Å². The Morgan fingerprint density at radius 2 is 2.26 bits per heavy atom. The standard InChI is InChI=1S/C12H14BrFN4O/c1-18-12(10(19-2)6-16-18)11(17-15)8-5-7(14)3-4-9(8)13/h3-6,11,17H,15H2,1-2H3. The fraction of sp³-hybridized carbons (Fsp3) is 0.250. The number of aromatic nitrogens is 2. The lowest BCUT2D eigenvalue weighted by Gasteiger charge is -2.19. The number of hydrogen-bond acceptors (Lipinski definition) is 4. The molecule has 0 fully saturated rings. The number of hydrazine groups is 1. The molecule has 0 bridgehead atoms. The molecule has 3 N–H and O–H groups in total. The molecule has 7 heteroatoms. The molecule has 0 spiro atoms. The molecule has 102 valence electrons. The zero-order valence-electron chi connectivity index (χ0n) is 10.5. The average molecular weight is 329 g/mol. The largest absolute Gasteiger partial charge is 0.493 e. The number of nitrogens with zero attached hydrogens (tertiary/aromatic N) is 2. The van der Waals surface area contributed by atoms with Crippen molar-refractivity contribution in [2.75, 3.05) is 7.11 Å². The molecule has 0 amide bonds. The molecule has 0 radical (unpaired) electrons. The highest BCUT2D eigenvalue weighted by Crippen LogP contribution is 2.33. The first-order valence-electron chi connectivity index (χ1n) is 5.55. The molecule has 0 aliphatic carbocycles. The summed E-state index contributed by atoms with van der Waals surface area (Å²) in [4.78, 5) is 0. The van der Waals surface area contributed by atoms with E-state index in [4.69, 9.17) is 10.6 Å². The Kier molecular flexibility index (Phi) is 4.18.